The monoisotopic (exact) mass is 557 g/mol. The summed E-state index contributed by atoms with van der Waals surface area (Å²) in [6, 6.07) is -0.545. The lowest BCUT2D eigenvalue weighted by Crippen LogP contribution is -2.45. The fraction of sp³-hybridized carbons (Fsp3) is 0.694. The van der Waals surface area contributed by atoms with Crippen LogP contribution < -0.4 is 5.32 Å². The zero-order chi connectivity index (χ0) is 29.4. The van der Waals surface area contributed by atoms with Crippen LogP contribution in [0.2, 0.25) is 0 Å². The number of hydrogen-bond donors (Lipinski definition) is 3. The molecule has 0 aromatic rings. The van der Waals surface area contributed by atoms with E-state index in [0.29, 0.717) is 12.8 Å². The molecule has 0 bridgehead atoms. The minimum absolute atomic E-state index is 0.0588. The molecule has 230 valence electrons. The number of carbonyl (C=O) groups is 1. The van der Waals surface area contributed by atoms with Crippen molar-refractivity contribution < 1.29 is 15.0 Å². The zero-order valence-corrected chi connectivity index (χ0v) is 26.1. The van der Waals surface area contributed by atoms with Crippen LogP contribution in [-0.2, 0) is 4.79 Å². The Bertz CT molecular complexity index is 692. The molecule has 0 spiro atoms. The van der Waals surface area contributed by atoms with Crippen molar-refractivity contribution in [3.05, 3.63) is 60.8 Å². The average molecular weight is 558 g/mol. The molecule has 0 aliphatic rings. The van der Waals surface area contributed by atoms with Gasteiger partial charge in [-0.1, -0.05) is 139 Å². The first-order valence-electron chi connectivity index (χ1n) is 16.5. The van der Waals surface area contributed by atoms with E-state index < -0.39 is 12.1 Å². The van der Waals surface area contributed by atoms with Crippen LogP contribution in [0.25, 0.3) is 0 Å². The van der Waals surface area contributed by atoms with Crippen molar-refractivity contribution >= 4 is 5.91 Å². The Morgan fingerprint density at radius 2 is 1.10 bits per heavy atom. The van der Waals surface area contributed by atoms with Gasteiger partial charge in [0.1, 0.15) is 0 Å². The van der Waals surface area contributed by atoms with Gasteiger partial charge < -0.3 is 15.5 Å². The minimum Gasteiger partial charge on any atom is -0.394 e. The summed E-state index contributed by atoms with van der Waals surface area (Å²) < 4.78 is 0. The minimum atomic E-state index is -0.666. The van der Waals surface area contributed by atoms with E-state index >= 15 is 0 Å². The van der Waals surface area contributed by atoms with Gasteiger partial charge in [0, 0.05) is 6.42 Å². The van der Waals surface area contributed by atoms with Crippen molar-refractivity contribution in [1.29, 1.82) is 0 Å². The van der Waals surface area contributed by atoms with Crippen molar-refractivity contribution in [2.45, 2.75) is 154 Å². The molecule has 4 heteroatoms. The van der Waals surface area contributed by atoms with E-state index in [1.807, 2.05) is 0 Å². The lowest BCUT2D eigenvalue weighted by atomic mass is 10.0. The summed E-state index contributed by atoms with van der Waals surface area (Å²) in [6.45, 7) is 4.17. The third-order valence-corrected chi connectivity index (χ3v) is 7.04. The number of nitrogens with one attached hydrogen (secondary N) is 1. The van der Waals surface area contributed by atoms with Gasteiger partial charge in [-0.3, -0.25) is 4.79 Å². The van der Waals surface area contributed by atoms with Crippen LogP contribution in [0.5, 0.6) is 0 Å². The SMILES string of the molecule is CC/C=C\C/C=C\C/C=C\C/C=C\C/C=C\CCCCCCCC(=O)NC(CO)C(O)CCCCCCCCC. The molecule has 0 saturated carbocycles. The van der Waals surface area contributed by atoms with E-state index in [4.69, 9.17) is 0 Å². The van der Waals surface area contributed by atoms with Crippen LogP contribution in [0.1, 0.15) is 142 Å². The maximum atomic E-state index is 12.2. The molecule has 0 aliphatic heterocycles. The Kier molecular flexibility index (Phi) is 30.1. The Hall–Kier alpha value is -1.91. The molecular formula is C36H63NO3. The fourth-order valence-electron chi connectivity index (χ4n) is 4.50. The number of rotatable bonds is 28. The summed E-state index contributed by atoms with van der Waals surface area (Å²) in [7, 11) is 0. The number of aliphatic hydroxyl groups is 2. The zero-order valence-electron chi connectivity index (χ0n) is 26.1. The van der Waals surface area contributed by atoms with Crippen molar-refractivity contribution in [2.24, 2.45) is 0 Å². The van der Waals surface area contributed by atoms with Crippen LogP contribution in [0.15, 0.2) is 60.8 Å². The molecule has 0 aromatic heterocycles. The second-order valence-corrected chi connectivity index (χ2v) is 10.8. The summed E-state index contributed by atoms with van der Waals surface area (Å²) in [6.07, 6.45) is 42.7. The number of unbranched alkanes of at least 4 members (excludes halogenated alkanes) is 11. The predicted molar refractivity (Wildman–Crippen MR) is 174 cm³/mol. The first-order valence-corrected chi connectivity index (χ1v) is 16.5. The largest absolute Gasteiger partial charge is 0.394 e. The fourth-order valence-corrected chi connectivity index (χ4v) is 4.50. The number of aliphatic hydroxyl groups excluding tert-OH is 2. The smallest absolute Gasteiger partial charge is 0.220 e. The highest BCUT2D eigenvalue weighted by Crippen LogP contribution is 2.12. The quantitative estimate of drug-likeness (QED) is 0.0663. The van der Waals surface area contributed by atoms with Gasteiger partial charge >= 0.3 is 0 Å². The molecule has 2 unspecified atom stereocenters. The van der Waals surface area contributed by atoms with E-state index in [2.05, 4.69) is 79.9 Å². The molecule has 0 heterocycles. The van der Waals surface area contributed by atoms with Crippen molar-refractivity contribution in [3.63, 3.8) is 0 Å². The lowest BCUT2D eigenvalue weighted by Gasteiger charge is -2.22. The molecule has 0 saturated heterocycles. The Balaban J connectivity index is 3.66. The van der Waals surface area contributed by atoms with Crippen LogP contribution in [-0.4, -0.2) is 34.9 Å². The van der Waals surface area contributed by atoms with E-state index in [1.54, 1.807) is 0 Å². The van der Waals surface area contributed by atoms with Crippen LogP contribution in [0.3, 0.4) is 0 Å². The van der Waals surface area contributed by atoms with Gasteiger partial charge in [-0.15, -0.1) is 0 Å². The number of amides is 1. The maximum Gasteiger partial charge on any atom is 0.220 e. The van der Waals surface area contributed by atoms with E-state index in [-0.39, 0.29) is 12.5 Å². The van der Waals surface area contributed by atoms with Crippen molar-refractivity contribution in [1.82, 2.24) is 5.32 Å². The average Bonchev–Trinajstić information content (AvgIpc) is 2.96. The molecule has 0 radical (unpaired) electrons. The third-order valence-electron chi connectivity index (χ3n) is 7.04. The van der Waals surface area contributed by atoms with Gasteiger partial charge in [-0.25, -0.2) is 0 Å². The van der Waals surface area contributed by atoms with Gasteiger partial charge in [0.2, 0.25) is 5.91 Å². The number of allylic oxidation sites excluding steroid dienone is 10. The van der Waals surface area contributed by atoms with E-state index in [9.17, 15) is 15.0 Å². The predicted octanol–water partition coefficient (Wildman–Crippen LogP) is 9.45. The van der Waals surface area contributed by atoms with Gasteiger partial charge in [-0.05, 0) is 57.8 Å². The topological polar surface area (TPSA) is 69.6 Å². The third kappa shape index (κ3) is 27.6. The Morgan fingerprint density at radius 3 is 1.65 bits per heavy atom. The summed E-state index contributed by atoms with van der Waals surface area (Å²) in [5, 5.41) is 22.8. The van der Waals surface area contributed by atoms with Crippen LogP contribution >= 0.6 is 0 Å². The normalized spacial score (nSPS) is 14.0. The number of hydrogen-bond acceptors (Lipinski definition) is 3. The Morgan fingerprint density at radius 1 is 0.625 bits per heavy atom. The number of carbonyl (C=O) groups excluding carboxylic acids is 1. The van der Waals surface area contributed by atoms with Gasteiger partial charge in [-0.2, -0.15) is 0 Å². The lowest BCUT2D eigenvalue weighted by molar-refractivity contribution is -0.123. The summed E-state index contributed by atoms with van der Waals surface area (Å²) in [5.41, 5.74) is 0. The highest BCUT2D eigenvalue weighted by atomic mass is 16.3. The second-order valence-electron chi connectivity index (χ2n) is 10.8. The van der Waals surface area contributed by atoms with E-state index in [0.717, 1.165) is 70.6 Å². The van der Waals surface area contributed by atoms with Crippen LogP contribution in [0.4, 0.5) is 0 Å². The van der Waals surface area contributed by atoms with Crippen molar-refractivity contribution in [2.75, 3.05) is 6.61 Å². The molecule has 40 heavy (non-hydrogen) atoms. The molecule has 3 N–H and O–H groups in total. The standard InChI is InChI=1S/C36H63NO3/c1-3-5-7-9-11-12-13-14-15-16-17-18-19-20-21-22-23-24-26-28-30-32-36(40)37-34(33-38)35(39)31-29-27-25-10-8-6-4-2/h5,7,11-12,14-15,17-18,20-21,34-35,38-39H,3-4,6,8-10,13,16,19,22-33H2,1-2H3,(H,37,40)/b7-5-,12-11-,15-14-,18-17-,21-20-. The summed E-state index contributed by atoms with van der Waals surface area (Å²) in [4.78, 5) is 12.2. The molecule has 0 rings (SSSR count). The van der Waals surface area contributed by atoms with Gasteiger partial charge in [0.05, 0.1) is 18.8 Å². The van der Waals surface area contributed by atoms with Gasteiger partial charge in [0.15, 0.2) is 0 Å². The second kappa shape index (κ2) is 31.6. The first-order chi connectivity index (χ1) is 19.7. The molecule has 2 atom stereocenters. The Labute approximate surface area is 247 Å². The maximum absolute atomic E-state index is 12.2. The highest BCUT2D eigenvalue weighted by Gasteiger charge is 2.19. The summed E-state index contributed by atoms with van der Waals surface area (Å²) >= 11 is 0. The molecule has 4 nitrogen and oxygen atoms in total. The molecule has 0 fully saturated rings. The summed E-state index contributed by atoms with van der Waals surface area (Å²) in [5.74, 6) is -0.0588. The van der Waals surface area contributed by atoms with Crippen molar-refractivity contribution in [3.8, 4) is 0 Å². The highest BCUT2D eigenvalue weighted by molar-refractivity contribution is 5.76. The molecule has 0 aliphatic carbocycles. The first kappa shape index (κ1) is 38.1. The molecule has 1 amide bonds. The van der Waals surface area contributed by atoms with Gasteiger partial charge in [0.25, 0.3) is 0 Å². The van der Waals surface area contributed by atoms with E-state index in [1.165, 1.54) is 44.9 Å². The molecule has 0 aromatic carbocycles. The molecular weight excluding hydrogens is 494 g/mol. The van der Waals surface area contributed by atoms with Crippen LogP contribution in [0, 0.1) is 0 Å².